The molecule has 0 aliphatic heterocycles. The van der Waals surface area contributed by atoms with Crippen molar-refractivity contribution in [2.24, 2.45) is 0 Å². The molecule has 0 spiro atoms. The van der Waals surface area contributed by atoms with Gasteiger partial charge in [-0.05, 0) is 0 Å². The number of nitrogen functional groups attached to an aromatic ring is 2. The van der Waals surface area contributed by atoms with Crippen LogP contribution in [0.2, 0.25) is 10.0 Å². The standard InChI is InChI=1S/C10H8Cl2N4Se2/c11-5-1-7(13)9(15-3-5)17-18-10-8(14)2-6(12)4-16-10/h1-4H,13-14H2. The zero-order chi connectivity index (χ0) is 13.1. The van der Waals surface area contributed by atoms with Crippen molar-refractivity contribution in [2.45, 2.75) is 0 Å². The number of halogens is 2. The van der Waals surface area contributed by atoms with E-state index in [4.69, 9.17) is 34.7 Å². The van der Waals surface area contributed by atoms with Crippen LogP contribution in [0.1, 0.15) is 0 Å². The van der Waals surface area contributed by atoms with Crippen molar-refractivity contribution < 1.29 is 0 Å². The molecule has 4 N–H and O–H groups in total. The molecule has 0 unspecified atom stereocenters. The van der Waals surface area contributed by atoms with Gasteiger partial charge < -0.3 is 0 Å². The Bertz CT molecular complexity index is 528. The van der Waals surface area contributed by atoms with Crippen molar-refractivity contribution in [3.63, 3.8) is 0 Å². The van der Waals surface area contributed by atoms with E-state index in [1.807, 2.05) is 0 Å². The van der Waals surface area contributed by atoms with Crippen LogP contribution < -0.4 is 20.7 Å². The van der Waals surface area contributed by atoms with E-state index in [0.29, 0.717) is 21.4 Å². The van der Waals surface area contributed by atoms with Crippen LogP contribution in [0.25, 0.3) is 0 Å². The Morgan fingerprint density at radius 3 is 1.56 bits per heavy atom. The third-order valence-electron chi connectivity index (χ3n) is 1.89. The first kappa shape index (κ1) is 13.9. The van der Waals surface area contributed by atoms with Crippen LogP contribution in [-0.4, -0.2) is 36.2 Å². The van der Waals surface area contributed by atoms with Gasteiger partial charge in [-0.1, -0.05) is 0 Å². The summed E-state index contributed by atoms with van der Waals surface area (Å²) in [6.07, 6.45) is 3.20. The van der Waals surface area contributed by atoms with Crippen LogP contribution in [0.5, 0.6) is 0 Å². The molecule has 2 rings (SSSR count). The van der Waals surface area contributed by atoms with Crippen LogP contribution in [0, 0.1) is 0 Å². The number of aromatic nitrogens is 2. The van der Waals surface area contributed by atoms with Gasteiger partial charge in [-0.15, -0.1) is 0 Å². The molecule has 2 aromatic rings. The van der Waals surface area contributed by atoms with Crippen molar-refractivity contribution in [3.05, 3.63) is 34.6 Å². The Kier molecular flexibility index (Phi) is 4.73. The van der Waals surface area contributed by atoms with Crippen LogP contribution in [0.15, 0.2) is 24.5 Å². The molecular formula is C10H8Cl2N4Se2. The summed E-state index contributed by atoms with van der Waals surface area (Å²) in [6.45, 7) is 0. The molecular weight excluding hydrogens is 405 g/mol. The van der Waals surface area contributed by atoms with E-state index in [2.05, 4.69) is 9.97 Å². The fourth-order valence-electron chi connectivity index (χ4n) is 1.10. The summed E-state index contributed by atoms with van der Waals surface area (Å²) in [7, 11) is 0. The Labute approximate surface area is 125 Å². The first-order valence-electron chi connectivity index (χ1n) is 4.73. The first-order valence-corrected chi connectivity index (χ1v) is 11.5. The minimum absolute atomic E-state index is 0.122. The molecule has 0 atom stereocenters. The summed E-state index contributed by atoms with van der Waals surface area (Å²) in [4.78, 5) is 8.46. The molecule has 0 saturated heterocycles. The quantitative estimate of drug-likeness (QED) is 0.707. The van der Waals surface area contributed by atoms with Crippen molar-refractivity contribution in [1.82, 2.24) is 9.97 Å². The van der Waals surface area contributed by atoms with Gasteiger partial charge in [0.25, 0.3) is 0 Å². The summed E-state index contributed by atoms with van der Waals surface area (Å²) in [5.74, 6) is 0. The normalized spacial score (nSPS) is 10.6. The van der Waals surface area contributed by atoms with Crippen molar-refractivity contribution in [3.8, 4) is 0 Å². The van der Waals surface area contributed by atoms with E-state index in [1.165, 1.54) is 0 Å². The summed E-state index contributed by atoms with van der Waals surface area (Å²) in [6, 6.07) is 3.42. The molecule has 2 aromatic heterocycles. The van der Waals surface area contributed by atoms with Gasteiger partial charge >= 0.3 is 126 Å². The number of anilines is 2. The molecule has 0 fully saturated rings. The van der Waals surface area contributed by atoms with Crippen molar-refractivity contribution in [1.29, 1.82) is 0 Å². The molecule has 0 saturated carbocycles. The molecule has 0 aliphatic carbocycles. The zero-order valence-electron chi connectivity index (χ0n) is 8.93. The summed E-state index contributed by atoms with van der Waals surface area (Å²) in [5.41, 5.74) is 13.0. The number of pyridine rings is 2. The molecule has 94 valence electrons. The summed E-state index contributed by atoms with van der Waals surface area (Å²) >= 11 is 11.8. The predicted octanol–water partition coefficient (Wildman–Crippen LogP) is 0.222. The van der Waals surface area contributed by atoms with Gasteiger partial charge in [0, 0.05) is 0 Å². The van der Waals surface area contributed by atoms with Crippen LogP contribution in [-0.2, 0) is 0 Å². The fourth-order valence-corrected chi connectivity index (χ4v) is 7.58. The second-order valence-corrected chi connectivity index (χ2v) is 10.1. The number of hydrogen-bond acceptors (Lipinski definition) is 4. The Balaban J connectivity index is 2.11. The van der Waals surface area contributed by atoms with E-state index in [9.17, 15) is 0 Å². The Morgan fingerprint density at radius 2 is 1.22 bits per heavy atom. The monoisotopic (exact) mass is 414 g/mol. The number of hydrogen-bond donors (Lipinski definition) is 2. The maximum absolute atomic E-state index is 5.85. The average Bonchev–Trinajstić information content (AvgIpc) is 2.30. The van der Waals surface area contributed by atoms with Crippen LogP contribution in [0.4, 0.5) is 11.4 Å². The molecule has 0 aromatic carbocycles. The topological polar surface area (TPSA) is 77.8 Å². The predicted molar refractivity (Wildman–Crippen MR) is 78.1 cm³/mol. The van der Waals surface area contributed by atoms with Gasteiger partial charge in [-0.3, -0.25) is 0 Å². The zero-order valence-corrected chi connectivity index (χ0v) is 13.9. The van der Waals surface area contributed by atoms with E-state index < -0.39 is 0 Å². The molecule has 0 bridgehead atoms. The molecule has 0 amide bonds. The number of nitrogens with two attached hydrogens (primary N) is 2. The fraction of sp³-hybridized carbons (Fsp3) is 0. The van der Waals surface area contributed by atoms with Crippen molar-refractivity contribution in [2.75, 3.05) is 11.5 Å². The van der Waals surface area contributed by atoms with Gasteiger partial charge in [0.15, 0.2) is 0 Å². The van der Waals surface area contributed by atoms with Crippen molar-refractivity contribution >= 4 is 70.0 Å². The number of nitrogens with zero attached hydrogens (tertiary/aromatic N) is 2. The van der Waals surface area contributed by atoms with E-state index in [1.54, 1.807) is 24.5 Å². The molecule has 0 aliphatic rings. The SMILES string of the molecule is Nc1cc(Cl)cnc1[Se][Se]c1ncc(Cl)cc1N. The van der Waals surface area contributed by atoms with Gasteiger partial charge in [0.1, 0.15) is 0 Å². The molecule has 18 heavy (non-hydrogen) atoms. The second-order valence-electron chi connectivity index (χ2n) is 3.26. The Morgan fingerprint density at radius 1 is 0.833 bits per heavy atom. The van der Waals surface area contributed by atoms with Gasteiger partial charge in [-0.25, -0.2) is 0 Å². The molecule has 2 heterocycles. The van der Waals surface area contributed by atoms with Crippen LogP contribution in [0.3, 0.4) is 0 Å². The van der Waals surface area contributed by atoms with Crippen LogP contribution >= 0.6 is 23.2 Å². The van der Waals surface area contributed by atoms with Gasteiger partial charge in [0.2, 0.25) is 0 Å². The van der Waals surface area contributed by atoms with E-state index in [-0.39, 0.29) is 26.3 Å². The maximum atomic E-state index is 5.85. The molecule has 4 nitrogen and oxygen atoms in total. The molecule has 8 heteroatoms. The first-order chi connectivity index (χ1) is 8.56. The van der Waals surface area contributed by atoms with E-state index >= 15 is 0 Å². The average molecular weight is 413 g/mol. The summed E-state index contributed by atoms with van der Waals surface area (Å²) < 4.78 is 1.76. The number of rotatable bonds is 3. The third-order valence-corrected chi connectivity index (χ3v) is 8.92. The molecule has 0 radical (unpaired) electrons. The summed E-state index contributed by atoms with van der Waals surface area (Å²) in [5, 5.41) is 1.09. The second kappa shape index (κ2) is 6.11. The van der Waals surface area contributed by atoms with Gasteiger partial charge in [-0.2, -0.15) is 0 Å². The Hall–Kier alpha value is -0.481. The third kappa shape index (κ3) is 3.51. The minimum atomic E-state index is 0.122. The van der Waals surface area contributed by atoms with Gasteiger partial charge in [0.05, 0.1) is 0 Å². The van der Waals surface area contributed by atoms with E-state index in [0.717, 1.165) is 9.18 Å².